The number of aromatic nitrogens is 2. The van der Waals surface area contributed by atoms with Gasteiger partial charge in [0, 0.05) is 29.8 Å². The lowest BCUT2D eigenvalue weighted by molar-refractivity contribution is -0.491. The number of aliphatic hydroxyl groups is 1. The fourth-order valence-corrected chi connectivity index (χ4v) is 0.979. The summed E-state index contributed by atoms with van der Waals surface area (Å²) >= 11 is 0. The highest BCUT2D eigenvalue weighted by Gasteiger charge is 2.14. The van der Waals surface area contributed by atoms with Gasteiger partial charge in [0.2, 0.25) is 18.4 Å². The molecular formula is C8H10N4O4. The molecule has 0 spiro atoms. The molecule has 1 amide bonds. The number of hydrogen-bond acceptors (Lipinski definition) is 6. The second kappa shape index (κ2) is 5.12. The van der Waals surface area contributed by atoms with Gasteiger partial charge in [0.05, 0.1) is 0 Å². The van der Waals surface area contributed by atoms with E-state index in [1.165, 1.54) is 19.3 Å². The smallest absolute Gasteiger partial charge is 0.233 e. The summed E-state index contributed by atoms with van der Waals surface area (Å²) < 4.78 is 0. The molecule has 2 N–H and O–H groups in total. The largest absolute Gasteiger partial charge is 0.381 e. The van der Waals surface area contributed by atoms with Crippen LogP contribution in [0, 0.1) is 10.1 Å². The molecule has 8 heteroatoms. The average molecular weight is 226 g/mol. The fourth-order valence-electron chi connectivity index (χ4n) is 0.979. The van der Waals surface area contributed by atoms with E-state index in [-0.39, 0.29) is 17.4 Å². The Labute approximate surface area is 90.5 Å². The quantitative estimate of drug-likeness (QED) is 0.539. The minimum Gasteiger partial charge on any atom is -0.381 e. The van der Waals surface area contributed by atoms with Gasteiger partial charge in [0.1, 0.15) is 6.10 Å². The van der Waals surface area contributed by atoms with Gasteiger partial charge in [-0.2, -0.15) is 0 Å². The second-order valence-electron chi connectivity index (χ2n) is 3.05. The van der Waals surface area contributed by atoms with Gasteiger partial charge in [-0.15, -0.1) is 0 Å². The molecule has 0 bridgehead atoms. The zero-order valence-corrected chi connectivity index (χ0v) is 8.45. The molecule has 8 nitrogen and oxygen atoms in total. The van der Waals surface area contributed by atoms with Gasteiger partial charge in [-0.3, -0.25) is 20.2 Å². The van der Waals surface area contributed by atoms with E-state index in [0.29, 0.717) is 0 Å². The van der Waals surface area contributed by atoms with Crippen LogP contribution in [0.4, 0.5) is 5.95 Å². The molecule has 0 radical (unpaired) electrons. The Morgan fingerprint density at radius 3 is 2.62 bits per heavy atom. The normalized spacial score (nSPS) is 11.9. The predicted octanol–water partition coefficient (Wildman–Crippen LogP) is -0.255. The molecule has 0 aliphatic heterocycles. The summed E-state index contributed by atoms with van der Waals surface area (Å²) in [5.41, 5.74) is 0.228. The van der Waals surface area contributed by atoms with Crippen molar-refractivity contribution in [3.8, 4) is 0 Å². The maximum Gasteiger partial charge on any atom is 0.233 e. The van der Waals surface area contributed by atoms with Crippen LogP contribution < -0.4 is 5.32 Å². The standard InChI is InChI=1S/C8H10N4O4/c1-5(13)11-8-9-2-6(3-10-8)7(14)4-12(15)16/h2-3,7,14H,4H2,1H3,(H,9,10,11,13). The summed E-state index contributed by atoms with van der Waals surface area (Å²) in [6, 6.07) is 0. The van der Waals surface area contributed by atoms with Crippen molar-refractivity contribution in [2.45, 2.75) is 13.0 Å². The zero-order valence-electron chi connectivity index (χ0n) is 8.45. The second-order valence-corrected chi connectivity index (χ2v) is 3.05. The van der Waals surface area contributed by atoms with Crippen molar-refractivity contribution < 1.29 is 14.8 Å². The summed E-state index contributed by atoms with van der Waals surface area (Å²) in [7, 11) is 0. The molecule has 1 aromatic heterocycles. The highest BCUT2D eigenvalue weighted by molar-refractivity contribution is 5.86. The Bertz CT molecular complexity index is 392. The number of hydrogen-bond donors (Lipinski definition) is 2. The van der Waals surface area contributed by atoms with Gasteiger partial charge in [-0.25, -0.2) is 9.97 Å². The van der Waals surface area contributed by atoms with Crippen LogP contribution in [0.2, 0.25) is 0 Å². The molecule has 1 rings (SSSR count). The van der Waals surface area contributed by atoms with Crippen molar-refractivity contribution in [2.24, 2.45) is 0 Å². The molecule has 1 aromatic rings. The number of carbonyl (C=O) groups excluding carboxylic acids is 1. The van der Waals surface area contributed by atoms with Gasteiger partial charge in [0.15, 0.2) is 0 Å². The number of amides is 1. The third-order valence-corrected chi connectivity index (χ3v) is 1.67. The lowest BCUT2D eigenvalue weighted by Crippen LogP contribution is -2.14. The summed E-state index contributed by atoms with van der Waals surface area (Å²) in [5.74, 6) is -0.233. The Morgan fingerprint density at radius 2 is 2.19 bits per heavy atom. The fraction of sp³-hybridized carbons (Fsp3) is 0.375. The number of anilines is 1. The Hall–Kier alpha value is -2.09. The van der Waals surface area contributed by atoms with Crippen molar-refractivity contribution >= 4 is 11.9 Å². The summed E-state index contributed by atoms with van der Waals surface area (Å²) in [6.07, 6.45) is 1.21. The third-order valence-electron chi connectivity index (χ3n) is 1.67. The lowest BCUT2D eigenvalue weighted by atomic mass is 10.2. The van der Waals surface area contributed by atoms with E-state index >= 15 is 0 Å². The molecule has 0 fully saturated rings. The predicted molar refractivity (Wildman–Crippen MR) is 53.2 cm³/mol. The molecule has 86 valence electrons. The van der Waals surface area contributed by atoms with E-state index in [1.807, 2.05) is 0 Å². The van der Waals surface area contributed by atoms with Crippen molar-refractivity contribution in [3.63, 3.8) is 0 Å². The van der Waals surface area contributed by atoms with E-state index in [0.717, 1.165) is 0 Å². The Kier molecular flexibility index (Phi) is 3.84. The molecule has 1 atom stereocenters. The van der Waals surface area contributed by atoms with E-state index in [2.05, 4.69) is 15.3 Å². The molecule has 1 heterocycles. The van der Waals surface area contributed by atoms with Gasteiger partial charge in [-0.1, -0.05) is 0 Å². The van der Waals surface area contributed by atoms with Crippen LogP contribution in [0.15, 0.2) is 12.4 Å². The van der Waals surface area contributed by atoms with Gasteiger partial charge < -0.3 is 5.11 Å². The number of nitro groups is 1. The first-order valence-electron chi connectivity index (χ1n) is 4.38. The van der Waals surface area contributed by atoms with E-state index in [4.69, 9.17) is 0 Å². The number of aliphatic hydroxyl groups excluding tert-OH is 1. The van der Waals surface area contributed by atoms with Crippen LogP contribution in [0.25, 0.3) is 0 Å². The van der Waals surface area contributed by atoms with Gasteiger partial charge in [0.25, 0.3) is 0 Å². The van der Waals surface area contributed by atoms with E-state index in [1.54, 1.807) is 0 Å². The molecular weight excluding hydrogens is 216 g/mol. The highest BCUT2D eigenvalue weighted by Crippen LogP contribution is 2.11. The maximum atomic E-state index is 10.6. The average Bonchev–Trinajstić information content (AvgIpc) is 2.16. The molecule has 0 aliphatic carbocycles. The molecule has 1 unspecified atom stereocenters. The first-order valence-corrected chi connectivity index (χ1v) is 4.38. The number of rotatable bonds is 4. The van der Waals surface area contributed by atoms with Crippen molar-refractivity contribution in [3.05, 3.63) is 28.1 Å². The first kappa shape index (κ1) is 12.0. The van der Waals surface area contributed by atoms with E-state index in [9.17, 15) is 20.0 Å². The van der Waals surface area contributed by atoms with Crippen LogP contribution in [0.5, 0.6) is 0 Å². The summed E-state index contributed by atoms with van der Waals surface area (Å²) in [5, 5.41) is 21.8. The number of nitrogens with zero attached hydrogens (tertiary/aromatic N) is 3. The lowest BCUT2D eigenvalue weighted by Gasteiger charge is -2.05. The van der Waals surface area contributed by atoms with Crippen molar-refractivity contribution in [1.29, 1.82) is 0 Å². The number of carbonyl (C=O) groups is 1. The first-order chi connectivity index (χ1) is 7.49. The molecule has 0 saturated carbocycles. The monoisotopic (exact) mass is 226 g/mol. The van der Waals surface area contributed by atoms with Crippen LogP contribution in [0.1, 0.15) is 18.6 Å². The minimum atomic E-state index is -1.25. The molecule has 0 aliphatic rings. The minimum absolute atomic E-state index is 0.0875. The maximum absolute atomic E-state index is 10.6. The Morgan fingerprint density at radius 1 is 1.62 bits per heavy atom. The van der Waals surface area contributed by atoms with Crippen LogP contribution >= 0.6 is 0 Å². The highest BCUT2D eigenvalue weighted by atomic mass is 16.6. The van der Waals surface area contributed by atoms with Crippen LogP contribution in [-0.4, -0.2) is 32.4 Å². The summed E-state index contributed by atoms with van der Waals surface area (Å²) in [4.78, 5) is 27.6. The van der Waals surface area contributed by atoms with Crippen molar-refractivity contribution in [2.75, 3.05) is 11.9 Å². The zero-order chi connectivity index (χ0) is 12.1. The molecule has 16 heavy (non-hydrogen) atoms. The summed E-state index contributed by atoms with van der Waals surface area (Å²) in [6.45, 7) is 0.696. The number of nitrogens with one attached hydrogen (secondary N) is 1. The molecule has 0 aromatic carbocycles. The third kappa shape index (κ3) is 3.58. The van der Waals surface area contributed by atoms with Gasteiger partial charge in [-0.05, 0) is 0 Å². The molecule has 0 saturated heterocycles. The Balaban J connectivity index is 2.70. The van der Waals surface area contributed by atoms with Crippen LogP contribution in [0.3, 0.4) is 0 Å². The topological polar surface area (TPSA) is 118 Å². The SMILES string of the molecule is CC(=O)Nc1ncc(C(O)C[N+](=O)[O-])cn1. The van der Waals surface area contributed by atoms with Crippen LogP contribution in [-0.2, 0) is 4.79 Å². The van der Waals surface area contributed by atoms with E-state index < -0.39 is 17.6 Å². The van der Waals surface area contributed by atoms with Gasteiger partial charge >= 0.3 is 0 Å². The van der Waals surface area contributed by atoms with Crippen molar-refractivity contribution in [1.82, 2.24) is 9.97 Å².